The number of aryl methyl sites for hydroxylation is 1. The number of hydrogen-bond donors (Lipinski definition) is 1. The first-order chi connectivity index (χ1) is 7.96. The van der Waals surface area contributed by atoms with Crippen molar-refractivity contribution in [1.29, 1.82) is 0 Å². The number of rotatable bonds is 3. The number of nitrogens with zero attached hydrogens (tertiary/aromatic N) is 3. The highest BCUT2D eigenvalue weighted by atomic mass is 19.4. The lowest BCUT2D eigenvalue weighted by Crippen LogP contribution is -2.16. The molecule has 0 fully saturated rings. The lowest BCUT2D eigenvalue weighted by molar-refractivity contribution is -0.135. The molecule has 6 nitrogen and oxygen atoms in total. The molecule has 0 aliphatic heterocycles. The van der Waals surface area contributed by atoms with Crippen LogP contribution >= 0.6 is 0 Å². The van der Waals surface area contributed by atoms with E-state index in [2.05, 4.69) is 24.9 Å². The molecule has 9 heteroatoms. The van der Waals surface area contributed by atoms with E-state index >= 15 is 0 Å². The van der Waals surface area contributed by atoms with Crippen LogP contribution in [0.2, 0.25) is 0 Å². The molecule has 0 atom stereocenters. The molecule has 1 N–H and O–H groups in total. The average molecular weight is 248 g/mol. The molecular weight excluding hydrogens is 241 g/mol. The summed E-state index contributed by atoms with van der Waals surface area (Å²) in [7, 11) is 0. The lowest BCUT2D eigenvalue weighted by Gasteiger charge is -2.04. The minimum absolute atomic E-state index is 0.00236. The van der Waals surface area contributed by atoms with Crippen molar-refractivity contribution < 1.29 is 17.8 Å². The van der Waals surface area contributed by atoms with Crippen LogP contribution in [0.25, 0.3) is 11.3 Å². The second kappa shape index (κ2) is 4.15. The molecule has 0 amide bonds. The third-order valence-corrected chi connectivity index (χ3v) is 2.08. The molecule has 0 aliphatic rings. The molecule has 92 valence electrons. The van der Waals surface area contributed by atoms with Gasteiger partial charge in [-0.25, -0.2) is 9.61 Å². The van der Waals surface area contributed by atoms with Crippen molar-refractivity contribution in [3.8, 4) is 0 Å². The van der Waals surface area contributed by atoms with Crippen molar-refractivity contribution in [3.63, 3.8) is 0 Å². The molecule has 0 saturated carbocycles. The molecule has 0 unspecified atom stereocenters. The van der Waals surface area contributed by atoms with E-state index in [1.807, 2.05) is 0 Å². The van der Waals surface area contributed by atoms with Gasteiger partial charge in [0, 0.05) is 6.42 Å². The number of alkyl halides is 3. The van der Waals surface area contributed by atoms with Gasteiger partial charge in [0.1, 0.15) is 5.69 Å². The Morgan fingerprint density at radius 2 is 2.06 bits per heavy atom. The highest BCUT2D eigenvalue weighted by molar-refractivity contribution is 5.61. The van der Waals surface area contributed by atoms with Crippen LogP contribution in [0, 0.1) is 0 Å². The van der Waals surface area contributed by atoms with Crippen molar-refractivity contribution in [3.05, 3.63) is 16.0 Å². The van der Waals surface area contributed by atoms with Crippen LogP contribution in [-0.2, 0) is 6.42 Å². The third kappa shape index (κ3) is 2.80. The maximum absolute atomic E-state index is 11.9. The van der Waals surface area contributed by atoms with E-state index in [9.17, 15) is 18.0 Å². The zero-order chi connectivity index (χ0) is 12.5. The number of halogens is 3. The molecule has 2 rings (SSSR count). The Morgan fingerprint density at radius 1 is 1.29 bits per heavy atom. The van der Waals surface area contributed by atoms with Gasteiger partial charge in [-0.05, 0) is 23.2 Å². The number of aromatic amines is 1. The van der Waals surface area contributed by atoms with Crippen LogP contribution in [0.3, 0.4) is 0 Å². The topological polar surface area (TPSA) is 84.7 Å². The summed E-state index contributed by atoms with van der Waals surface area (Å²) in [6, 6.07) is 0. The van der Waals surface area contributed by atoms with Crippen molar-refractivity contribution >= 4 is 11.3 Å². The molecule has 0 aromatic carbocycles. The Bertz CT molecular complexity index is 574. The zero-order valence-electron chi connectivity index (χ0n) is 8.41. The van der Waals surface area contributed by atoms with Gasteiger partial charge in [-0.3, -0.25) is 9.78 Å². The average Bonchev–Trinajstić information content (AvgIpc) is 2.63. The highest BCUT2D eigenvalue weighted by Crippen LogP contribution is 2.21. The molecular formula is C8H7F3N4O2. The minimum atomic E-state index is -4.23. The van der Waals surface area contributed by atoms with Gasteiger partial charge in [0.05, 0.1) is 0 Å². The van der Waals surface area contributed by atoms with Crippen LogP contribution in [-0.4, -0.2) is 26.5 Å². The van der Waals surface area contributed by atoms with E-state index in [0.29, 0.717) is 0 Å². The van der Waals surface area contributed by atoms with Gasteiger partial charge < -0.3 is 0 Å². The number of fused-ring (bicyclic) bond motifs is 1. The first kappa shape index (κ1) is 11.6. The monoisotopic (exact) mass is 248 g/mol. The second-order valence-electron chi connectivity index (χ2n) is 3.42. The van der Waals surface area contributed by atoms with Gasteiger partial charge in [0.2, 0.25) is 11.3 Å². The molecule has 0 spiro atoms. The first-order valence-corrected chi connectivity index (χ1v) is 4.74. The Labute approximate surface area is 91.8 Å². The molecule has 0 radical (unpaired) electrons. The van der Waals surface area contributed by atoms with Crippen molar-refractivity contribution in [2.24, 2.45) is 0 Å². The number of hydrogen-bond acceptors (Lipinski definition) is 5. The standard InChI is InChI=1S/C8H7F3N4O2/c9-8(10,11)3-1-2-4-7(16)13-6-5(12-4)14-17-15-6/h1-3H2,(H,13,15,16). The maximum atomic E-state index is 11.9. The van der Waals surface area contributed by atoms with E-state index in [1.54, 1.807) is 0 Å². The van der Waals surface area contributed by atoms with E-state index in [-0.39, 0.29) is 29.8 Å². The van der Waals surface area contributed by atoms with Gasteiger partial charge in [-0.15, -0.1) is 0 Å². The van der Waals surface area contributed by atoms with Crippen molar-refractivity contribution in [2.45, 2.75) is 25.4 Å². The lowest BCUT2D eigenvalue weighted by atomic mass is 10.2. The van der Waals surface area contributed by atoms with E-state index in [1.165, 1.54) is 0 Å². The maximum Gasteiger partial charge on any atom is 0.389 e. The smallest absolute Gasteiger partial charge is 0.299 e. The number of H-pyrrole nitrogens is 1. The van der Waals surface area contributed by atoms with E-state index in [4.69, 9.17) is 0 Å². The van der Waals surface area contributed by atoms with Crippen LogP contribution < -0.4 is 5.56 Å². The highest BCUT2D eigenvalue weighted by Gasteiger charge is 2.26. The summed E-state index contributed by atoms with van der Waals surface area (Å²) in [5.41, 5.74) is -0.422. The predicted molar refractivity (Wildman–Crippen MR) is 49.2 cm³/mol. The van der Waals surface area contributed by atoms with Gasteiger partial charge in [0.15, 0.2) is 0 Å². The Kier molecular flexibility index (Phi) is 2.82. The third-order valence-electron chi connectivity index (χ3n) is 2.08. The van der Waals surface area contributed by atoms with Crippen LogP contribution in [0.1, 0.15) is 18.5 Å². The molecule has 2 aromatic heterocycles. The molecule has 0 aliphatic carbocycles. The Hall–Kier alpha value is -1.93. The van der Waals surface area contributed by atoms with Crippen LogP contribution in [0.5, 0.6) is 0 Å². The van der Waals surface area contributed by atoms with Crippen LogP contribution in [0.4, 0.5) is 13.2 Å². The molecule has 0 bridgehead atoms. The largest absolute Gasteiger partial charge is 0.389 e. The summed E-state index contributed by atoms with van der Waals surface area (Å²) in [6.45, 7) is 0. The molecule has 2 aromatic rings. The second-order valence-corrected chi connectivity index (χ2v) is 3.42. The zero-order valence-corrected chi connectivity index (χ0v) is 8.41. The normalized spacial score (nSPS) is 12.2. The van der Waals surface area contributed by atoms with Gasteiger partial charge in [-0.1, -0.05) is 0 Å². The Balaban J connectivity index is 2.13. The first-order valence-electron chi connectivity index (χ1n) is 4.74. The molecule has 0 saturated heterocycles. The fourth-order valence-corrected chi connectivity index (χ4v) is 1.32. The summed E-state index contributed by atoms with van der Waals surface area (Å²) in [5.74, 6) is 0. The SMILES string of the molecule is O=c1[nH]c2nonc2nc1CCCC(F)(F)F. The van der Waals surface area contributed by atoms with Crippen molar-refractivity contribution in [1.82, 2.24) is 20.3 Å². The molecule has 2 heterocycles. The fourth-order valence-electron chi connectivity index (χ4n) is 1.32. The predicted octanol–water partition coefficient (Wildman–Crippen LogP) is 1.19. The van der Waals surface area contributed by atoms with E-state index in [0.717, 1.165) is 0 Å². The number of nitrogens with one attached hydrogen (secondary N) is 1. The van der Waals surface area contributed by atoms with Crippen LogP contribution in [0.15, 0.2) is 9.42 Å². The van der Waals surface area contributed by atoms with E-state index < -0.39 is 18.2 Å². The summed E-state index contributed by atoms with van der Waals surface area (Å²) in [4.78, 5) is 17.5. The molecule has 17 heavy (non-hydrogen) atoms. The summed E-state index contributed by atoms with van der Waals surface area (Å²) in [6.07, 6.45) is -5.45. The quantitative estimate of drug-likeness (QED) is 0.881. The minimum Gasteiger partial charge on any atom is -0.299 e. The van der Waals surface area contributed by atoms with Crippen molar-refractivity contribution in [2.75, 3.05) is 0 Å². The number of aromatic nitrogens is 4. The van der Waals surface area contributed by atoms with Gasteiger partial charge in [-0.2, -0.15) is 13.2 Å². The summed E-state index contributed by atoms with van der Waals surface area (Å²) < 4.78 is 40.1. The van der Waals surface area contributed by atoms with Gasteiger partial charge >= 0.3 is 6.18 Å². The Morgan fingerprint density at radius 3 is 2.76 bits per heavy atom. The summed E-state index contributed by atoms with van der Waals surface area (Å²) >= 11 is 0. The van der Waals surface area contributed by atoms with Gasteiger partial charge in [0.25, 0.3) is 5.56 Å². The fraction of sp³-hybridized carbons (Fsp3) is 0.500. The summed E-state index contributed by atoms with van der Waals surface area (Å²) in [5, 5.41) is 6.74.